The highest BCUT2D eigenvalue weighted by atomic mass is 16.4. The lowest BCUT2D eigenvalue weighted by Crippen LogP contribution is -2.42. The summed E-state index contributed by atoms with van der Waals surface area (Å²) in [6.45, 7) is 4.46. The number of hydrogen-bond acceptors (Lipinski definition) is 4. The molecule has 2 aromatic rings. The Labute approximate surface area is 303 Å². The average Bonchev–Trinajstić information content (AvgIpc) is 3.13. The molecule has 6 nitrogen and oxygen atoms in total. The number of ketones is 2. The average molecular weight is 690 g/mol. The summed E-state index contributed by atoms with van der Waals surface area (Å²) >= 11 is 0. The third-order valence-electron chi connectivity index (χ3n) is 9.90. The molecule has 0 radical (unpaired) electrons. The van der Waals surface area contributed by atoms with E-state index in [2.05, 4.69) is 19.2 Å². The smallest absolute Gasteiger partial charge is 0.307 e. The number of benzene rings is 2. The van der Waals surface area contributed by atoms with Gasteiger partial charge in [-0.3, -0.25) is 19.2 Å². The van der Waals surface area contributed by atoms with Crippen LogP contribution in [-0.4, -0.2) is 34.6 Å². The van der Waals surface area contributed by atoms with Crippen LogP contribution in [-0.2, 0) is 9.59 Å². The molecule has 50 heavy (non-hydrogen) atoms. The Hall–Kier alpha value is -3.28. The van der Waals surface area contributed by atoms with Crippen LogP contribution in [0.4, 0.5) is 0 Å². The number of carbonyl (C=O) groups is 4. The molecule has 0 spiro atoms. The molecule has 0 heterocycles. The Bertz CT molecular complexity index is 1210. The summed E-state index contributed by atoms with van der Waals surface area (Å²) in [5, 5.41) is 12.8. The van der Waals surface area contributed by atoms with Crippen molar-refractivity contribution >= 4 is 23.4 Å². The van der Waals surface area contributed by atoms with E-state index in [4.69, 9.17) is 0 Å². The number of unbranched alkanes of at least 4 members (excludes halogenated alkanes) is 19. The highest BCUT2D eigenvalue weighted by Crippen LogP contribution is 2.20. The molecule has 0 bridgehead atoms. The Balaban J connectivity index is 1.89. The number of carboxylic acid groups (broad SMARTS) is 1. The Morgan fingerprint density at radius 1 is 0.520 bits per heavy atom. The number of carboxylic acids is 1. The quantitative estimate of drug-likeness (QED) is 0.0606. The van der Waals surface area contributed by atoms with E-state index in [9.17, 15) is 24.3 Å². The van der Waals surface area contributed by atoms with Gasteiger partial charge in [0.25, 0.3) is 0 Å². The van der Waals surface area contributed by atoms with Crippen LogP contribution in [0.25, 0.3) is 0 Å². The number of carbonyl (C=O) groups excluding carboxylic acids is 3. The van der Waals surface area contributed by atoms with Crippen molar-refractivity contribution in [3.8, 4) is 0 Å². The molecule has 2 atom stereocenters. The van der Waals surface area contributed by atoms with Gasteiger partial charge in [-0.2, -0.15) is 0 Å². The number of nitrogens with one attached hydrogen (secondary N) is 1. The van der Waals surface area contributed by atoms with Gasteiger partial charge in [0.2, 0.25) is 5.91 Å². The topological polar surface area (TPSA) is 101 Å². The van der Waals surface area contributed by atoms with Crippen molar-refractivity contribution in [3.63, 3.8) is 0 Å². The van der Waals surface area contributed by atoms with Gasteiger partial charge in [0.15, 0.2) is 11.6 Å². The van der Waals surface area contributed by atoms with Gasteiger partial charge in [-0.25, -0.2) is 0 Å². The summed E-state index contributed by atoms with van der Waals surface area (Å²) in [4.78, 5) is 51.9. The van der Waals surface area contributed by atoms with E-state index in [-0.39, 0.29) is 23.9 Å². The predicted octanol–water partition coefficient (Wildman–Crippen LogP) is 11.7. The number of rotatable bonds is 31. The van der Waals surface area contributed by atoms with Crippen molar-refractivity contribution < 1.29 is 24.3 Å². The van der Waals surface area contributed by atoms with Crippen LogP contribution in [0.3, 0.4) is 0 Å². The zero-order valence-corrected chi connectivity index (χ0v) is 31.4. The fraction of sp³-hybridized carbons (Fsp3) is 0.636. The first-order valence-electron chi connectivity index (χ1n) is 20.1. The first kappa shape index (κ1) is 42.9. The van der Waals surface area contributed by atoms with Crippen molar-refractivity contribution in [1.82, 2.24) is 5.32 Å². The molecule has 2 rings (SSSR count). The zero-order valence-electron chi connectivity index (χ0n) is 31.4. The minimum absolute atomic E-state index is 0.114. The van der Waals surface area contributed by atoms with Gasteiger partial charge >= 0.3 is 5.97 Å². The fourth-order valence-electron chi connectivity index (χ4n) is 6.69. The summed E-state index contributed by atoms with van der Waals surface area (Å²) < 4.78 is 0. The molecule has 0 saturated heterocycles. The standard InChI is InChI=1S/C44H67NO5/c1-3-5-7-9-11-13-14-15-17-18-20-23-29-39(44(49)50)35-41(46)45-40(30-26-21-19-16-12-10-8-6-4-2)43(48)38-33-31-37(32-34-38)42(47)36-27-24-22-25-28-36/h22,24-25,27-28,31-34,39-40H,3-21,23,26,29-30,35H2,1-2H3,(H,45,46)(H,49,50). The molecule has 6 heteroatoms. The van der Waals surface area contributed by atoms with Crippen molar-refractivity contribution in [2.45, 2.75) is 174 Å². The first-order valence-corrected chi connectivity index (χ1v) is 20.1. The Morgan fingerprint density at radius 2 is 0.920 bits per heavy atom. The predicted molar refractivity (Wildman–Crippen MR) is 206 cm³/mol. The fourth-order valence-corrected chi connectivity index (χ4v) is 6.69. The molecule has 0 aromatic heterocycles. The lowest BCUT2D eigenvalue weighted by molar-refractivity contribution is -0.144. The van der Waals surface area contributed by atoms with Crippen LogP contribution in [0, 0.1) is 5.92 Å². The van der Waals surface area contributed by atoms with E-state index < -0.39 is 17.9 Å². The van der Waals surface area contributed by atoms with Crippen LogP contribution >= 0.6 is 0 Å². The van der Waals surface area contributed by atoms with Gasteiger partial charge in [-0.05, 0) is 12.8 Å². The molecule has 2 aromatic carbocycles. The minimum Gasteiger partial charge on any atom is -0.481 e. The number of hydrogen-bond donors (Lipinski definition) is 2. The van der Waals surface area contributed by atoms with E-state index in [1.54, 1.807) is 36.4 Å². The van der Waals surface area contributed by atoms with E-state index in [1.807, 2.05) is 18.2 Å². The molecule has 2 unspecified atom stereocenters. The van der Waals surface area contributed by atoms with Gasteiger partial charge < -0.3 is 10.4 Å². The van der Waals surface area contributed by atoms with Crippen molar-refractivity contribution in [2.24, 2.45) is 5.92 Å². The second kappa shape index (κ2) is 27.4. The maximum Gasteiger partial charge on any atom is 0.307 e. The largest absolute Gasteiger partial charge is 0.481 e. The molecule has 1 amide bonds. The lowest BCUT2D eigenvalue weighted by atomic mass is 9.94. The van der Waals surface area contributed by atoms with Crippen molar-refractivity contribution in [3.05, 3.63) is 71.3 Å². The summed E-state index contributed by atoms with van der Waals surface area (Å²) in [6, 6.07) is 14.9. The van der Waals surface area contributed by atoms with E-state index >= 15 is 0 Å². The summed E-state index contributed by atoms with van der Waals surface area (Å²) in [5.74, 6) is -2.42. The SMILES string of the molecule is CCCCCCCCCCCCCCC(CC(=O)NC(CCCCCCCCCCC)C(=O)c1ccc(C(=O)c2ccccc2)cc1)C(=O)O. The molecule has 0 aliphatic heterocycles. The molecule has 2 N–H and O–H groups in total. The maximum absolute atomic E-state index is 13.7. The van der Waals surface area contributed by atoms with Gasteiger partial charge in [-0.15, -0.1) is 0 Å². The van der Waals surface area contributed by atoms with Crippen LogP contribution in [0.15, 0.2) is 54.6 Å². The molecule has 0 saturated carbocycles. The monoisotopic (exact) mass is 690 g/mol. The molecule has 0 aliphatic carbocycles. The van der Waals surface area contributed by atoms with Gasteiger partial charge in [0.05, 0.1) is 12.0 Å². The van der Waals surface area contributed by atoms with Crippen LogP contribution in [0.5, 0.6) is 0 Å². The van der Waals surface area contributed by atoms with Crippen LogP contribution in [0.2, 0.25) is 0 Å². The van der Waals surface area contributed by atoms with Crippen molar-refractivity contribution in [1.29, 1.82) is 0 Å². The number of aliphatic carboxylic acids is 1. The minimum atomic E-state index is -0.955. The summed E-state index contributed by atoms with van der Waals surface area (Å²) in [7, 11) is 0. The molecule has 0 fully saturated rings. The van der Waals surface area contributed by atoms with Crippen LogP contribution in [0.1, 0.15) is 194 Å². The first-order chi connectivity index (χ1) is 24.4. The number of Topliss-reactive ketones (excluding diaryl/α,β-unsaturated/α-hetero) is 1. The molecular formula is C44H67NO5. The normalized spacial score (nSPS) is 12.4. The van der Waals surface area contributed by atoms with Crippen molar-refractivity contribution in [2.75, 3.05) is 0 Å². The van der Waals surface area contributed by atoms with Crippen LogP contribution < -0.4 is 5.32 Å². The zero-order chi connectivity index (χ0) is 36.2. The second-order valence-corrected chi connectivity index (χ2v) is 14.3. The second-order valence-electron chi connectivity index (χ2n) is 14.3. The third-order valence-corrected chi connectivity index (χ3v) is 9.90. The Morgan fingerprint density at radius 3 is 1.38 bits per heavy atom. The molecule has 278 valence electrons. The van der Waals surface area contributed by atoms with E-state index in [0.717, 1.165) is 38.5 Å². The van der Waals surface area contributed by atoms with E-state index in [0.29, 0.717) is 29.5 Å². The van der Waals surface area contributed by atoms with E-state index in [1.165, 1.54) is 96.3 Å². The summed E-state index contributed by atoms with van der Waals surface area (Å²) in [5.41, 5.74) is 1.51. The molecular weight excluding hydrogens is 622 g/mol. The highest BCUT2D eigenvalue weighted by molar-refractivity contribution is 6.09. The van der Waals surface area contributed by atoms with Gasteiger partial charge in [0.1, 0.15) is 0 Å². The lowest BCUT2D eigenvalue weighted by Gasteiger charge is -2.20. The third kappa shape index (κ3) is 18.6. The van der Waals surface area contributed by atoms with Gasteiger partial charge in [-0.1, -0.05) is 203 Å². The summed E-state index contributed by atoms with van der Waals surface area (Å²) in [6.07, 6.45) is 25.7. The van der Waals surface area contributed by atoms with Gasteiger partial charge in [0, 0.05) is 23.1 Å². The Kier molecular flexibility index (Phi) is 23.5. The highest BCUT2D eigenvalue weighted by Gasteiger charge is 2.26. The maximum atomic E-state index is 13.7. The number of amides is 1. The molecule has 0 aliphatic rings.